The fourth-order valence-electron chi connectivity index (χ4n) is 3.92. The van der Waals surface area contributed by atoms with E-state index < -0.39 is 0 Å². The Labute approximate surface area is 129 Å². The molecular weight excluding hydrogens is 256 g/mol. The van der Waals surface area contributed by atoms with Gasteiger partial charge in [-0.3, -0.25) is 0 Å². The van der Waals surface area contributed by atoms with E-state index in [0.29, 0.717) is 0 Å². The molecule has 0 bridgehead atoms. The van der Waals surface area contributed by atoms with Crippen LogP contribution in [0, 0.1) is 5.92 Å². The predicted molar refractivity (Wildman–Crippen MR) is 89.6 cm³/mol. The van der Waals surface area contributed by atoms with Crippen LogP contribution in [-0.4, -0.2) is 37.1 Å². The van der Waals surface area contributed by atoms with Crippen LogP contribution in [-0.2, 0) is 6.42 Å². The topological polar surface area (TPSA) is 15.3 Å². The van der Waals surface area contributed by atoms with Crippen molar-refractivity contribution in [3.63, 3.8) is 0 Å². The number of nitrogens with zero attached hydrogens (tertiary/aromatic N) is 1. The molecule has 0 amide bonds. The Balaban J connectivity index is 1.30. The molecule has 3 rings (SSSR count). The van der Waals surface area contributed by atoms with Gasteiger partial charge in [0.1, 0.15) is 0 Å². The van der Waals surface area contributed by atoms with Gasteiger partial charge in [-0.2, -0.15) is 0 Å². The maximum atomic E-state index is 3.79. The van der Waals surface area contributed by atoms with E-state index in [9.17, 15) is 0 Å². The zero-order chi connectivity index (χ0) is 14.3. The van der Waals surface area contributed by atoms with Crippen LogP contribution in [0.2, 0.25) is 0 Å². The van der Waals surface area contributed by atoms with Gasteiger partial charge >= 0.3 is 0 Å². The smallest absolute Gasteiger partial charge is 0.0207 e. The van der Waals surface area contributed by atoms with Crippen molar-refractivity contribution in [1.82, 2.24) is 10.2 Å². The van der Waals surface area contributed by atoms with Crippen LogP contribution in [0.4, 0.5) is 0 Å². The Morgan fingerprint density at radius 1 is 1.05 bits per heavy atom. The van der Waals surface area contributed by atoms with E-state index in [4.69, 9.17) is 0 Å². The molecule has 0 aromatic heterocycles. The molecule has 1 atom stereocenters. The van der Waals surface area contributed by atoms with Crippen molar-refractivity contribution in [1.29, 1.82) is 0 Å². The molecule has 1 aliphatic carbocycles. The Kier molecular flexibility index (Phi) is 5.70. The predicted octanol–water partition coefficient (Wildman–Crippen LogP) is 3.47. The maximum Gasteiger partial charge on any atom is 0.0207 e. The minimum absolute atomic E-state index is 0.738. The lowest BCUT2D eigenvalue weighted by Gasteiger charge is -2.17. The summed E-state index contributed by atoms with van der Waals surface area (Å²) < 4.78 is 0. The summed E-state index contributed by atoms with van der Waals surface area (Å²) in [5.74, 6) is 1.02. The van der Waals surface area contributed by atoms with Gasteiger partial charge < -0.3 is 10.2 Å². The summed E-state index contributed by atoms with van der Waals surface area (Å²) in [6.07, 6.45) is 9.84. The van der Waals surface area contributed by atoms with Crippen LogP contribution in [0.1, 0.15) is 44.1 Å². The Morgan fingerprint density at radius 2 is 1.86 bits per heavy atom. The summed E-state index contributed by atoms with van der Waals surface area (Å²) in [6, 6.07) is 11.6. The summed E-state index contributed by atoms with van der Waals surface area (Å²) in [6.45, 7) is 4.97. The van der Waals surface area contributed by atoms with E-state index in [1.54, 1.807) is 0 Å². The lowest BCUT2D eigenvalue weighted by molar-refractivity contribution is 0.329. The summed E-state index contributed by atoms with van der Waals surface area (Å²) in [4.78, 5) is 2.63. The van der Waals surface area contributed by atoms with Crippen molar-refractivity contribution < 1.29 is 0 Å². The van der Waals surface area contributed by atoms with Crippen molar-refractivity contribution >= 4 is 0 Å². The van der Waals surface area contributed by atoms with Gasteiger partial charge in [-0.1, -0.05) is 56.0 Å². The van der Waals surface area contributed by atoms with Gasteiger partial charge in [0.05, 0.1) is 0 Å². The van der Waals surface area contributed by atoms with Crippen molar-refractivity contribution in [2.24, 2.45) is 5.92 Å². The van der Waals surface area contributed by atoms with Crippen LogP contribution in [0.25, 0.3) is 0 Å². The molecule has 21 heavy (non-hydrogen) atoms. The molecule has 2 heteroatoms. The molecular formula is C19H30N2. The Hall–Kier alpha value is -0.860. The third-order valence-electron chi connectivity index (χ3n) is 5.29. The van der Waals surface area contributed by atoms with Gasteiger partial charge in [-0.15, -0.1) is 0 Å². The van der Waals surface area contributed by atoms with E-state index in [1.807, 2.05) is 0 Å². The quantitative estimate of drug-likeness (QED) is 0.825. The zero-order valence-electron chi connectivity index (χ0n) is 13.3. The first-order chi connectivity index (χ1) is 10.4. The molecule has 0 spiro atoms. The number of nitrogens with one attached hydrogen (secondary N) is 1. The molecule has 1 aromatic carbocycles. The number of benzene rings is 1. The van der Waals surface area contributed by atoms with Crippen LogP contribution in [0.3, 0.4) is 0 Å². The molecule has 1 heterocycles. The fraction of sp³-hybridized carbons (Fsp3) is 0.684. The average Bonchev–Trinajstić information content (AvgIpc) is 3.18. The summed E-state index contributed by atoms with van der Waals surface area (Å²) in [5.41, 5.74) is 1.47. The van der Waals surface area contributed by atoms with E-state index >= 15 is 0 Å². The van der Waals surface area contributed by atoms with E-state index in [-0.39, 0.29) is 0 Å². The van der Waals surface area contributed by atoms with Crippen LogP contribution in [0.15, 0.2) is 30.3 Å². The van der Waals surface area contributed by atoms with Crippen molar-refractivity contribution in [3.8, 4) is 0 Å². The van der Waals surface area contributed by atoms with Gasteiger partial charge in [-0.05, 0) is 43.8 Å². The number of rotatable bonds is 7. The largest absolute Gasteiger partial charge is 0.313 e. The normalized spacial score (nSPS) is 23.9. The SMILES string of the molecule is c1ccc(CCN2CCC(NCCC3CCCC3)C2)cc1. The first-order valence-electron chi connectivity index (χ1n) is 8.90. The zero-order valence-corrected chi connectivity index (χ0v) is 13.3. The lowest BCUT2D eigenvalue weighted by atomic mass is 10.0. The van der Waals surface area contributed by atoms with Crippen molar-refractivity contribution in [3.05, 3.63) is 35.9 Å². The maximum absolute atomic E-state index is 3.79. The second-order valence-electron chi connectivity index (χ2n) is 6.92. The van der Waals surface area contributed by atoms with Crippen LogP contribution < -0.4 is 5.32 Å². The number of hydrogen-bond acceptors (Lipinski definition) is 2. The minimum Gasteiger partial charge on any atom is -0.313 e. The number of likely N-dealkylation sites (tertiary alicyclic amines) is 1. The number of hydrogen-bond donors (Lipinski definition) is 1. The molecule has 2 fully saturated rings. The molecule has 2 nitrogen and oxygen atoms in total. The fourth-order valence-corrected chi connectivity index (χ4v) is 3.92. The van der Waals surface area contributed by atoms with Gasteiger partial charge in [-0.25, -0.2) is 0 Å². The van der Waals surface area contributed by atoms with Crippen LogP contribution in [0.5, 0.6) is 0 Å². The highest BCUT2D eigenvalue weighted by Crippen LogP contribution is 2.27. The van der Waals surface area contributed by atoms with Gasteiger partial charge in [0.15, 0.2) is 0 Å². The third kappa shape index (κ3) is 4.82. The van der Waals surface area contributed by atoms with E-state index in [1.165, 1.54) is 76.7 Å². The molecule has 1 saturated heterocycles. The highest BCUT2D eigenvalue weighted by Gasteiger charge is 2.22. The highest BCUT2D eigenvalue weighted by molar-refractivity contribution is 5.14. The molecule has 116 valence electrons. The third-order valence-corrected chi connectivity index (χ3v) is 5.29. The standard InChI is InChI=1S/C19H30N2/c1-2-6-18(7-3-1)11-14-21-15-12-19(16-21)20-13-10-17-8-4-5-9-17/h1-3,6-7,17,19-20H,4-5,8-16H2. The second-order valence-corrected chi connectivity index (χ2v) is 6.92. The molecule has 1 aromatic rings. The van der Waals surface area contributed by atoms with Gasteiger partial charge in [0, 0.05) is 19.1 Å². The van der Waals surface area contributed by atoms with Gasteiger partial charge in [0.25, 0.3) is 0 Å². The summed E-state index contributed by atoms with van der Waals surface area (Å²) in [7, 11) is 0. The first kappa shape index (κ1) is 15.1. The van der Waals surface area contributed by atoms with E-state index in [2.05, 4.69) is 40.5 Å². The molecule has 2 aliphatic rings. The summed E-state index contributed by atoms with van der Waals surface area (Å²) in [5, 5.41) is 3.79. The Morgan fingerprint density at radius 3 is 2.67 bits per heavy atom. The molecule has 1 aliphatic heterocycles. The average molecular weight is 286 g/mol. The Bertz CT molecular complexity index is 397. The van der Waals surface area contributed by atoms with Crippen molar-refractivity contribution in [2.45, 2.75) is 51.0 Å². The molecule has 1 N–H and O–H groups in total. The summed E-state index contributed by atoms with van der Waals surface area (Å²) >= 11 is 0. The van der Waals surface area contributed by atoms with Crippen LogP contribution >= 0.6 is 0 Å². The molecule has 1 unspecified atom stereocenters. The van der Waals surface area contributed by atoms with Gasteiger partial charge in [0.2, 0.25) is 0 Å². The molecule has 0 radical (unpaired) electrons. The first-order valence-corrected chi connectivity index (χ1v) is 8.90. The molecule has 1 saturated carbocycles. The second kappa shape index (κ2) is 7.95. The van der Waals surface area contributed by atoms with Crippen molar-refractivity contribution in [2.75, 3.05) is 26.2 Å². The highest BCUT2D eigenvalue weighted by atomic mass is 15.2. The van der Waals surface area contributed by atoms with E-state index in [0.717, 1.165) is 12.0 Å². The minimum atomic E-state index is 0.738. The monoisotopic (exact) mass is 286 g/mol. The lowest BCUT2D eigenvalue weighted by Crippen LogP contribution is -2.34.